The van der Waals surface area contributed by atoms with Gasteiger partial charge in [-0.1, -0.05) is 17.7 Å². The van der Waals surface area contributed by atoms with Gasteiger partial charge in [0.2, 0.25) is 5.76 Å². The van der Waals surface area contributed by atoms with Gasteiger partial charge in [-0.25, -0.2) is 0 Å². The largest absolute Gasteiger partial charge is 0.490 e. The van der Waals surface area contributed by atoms with Crippen molar-refractivity contribution < 1.29 is 18.7 Å². The molecule has 1 aromatic heterocycles. The number of carbonyl (C=O) groups excluding carboxylic acids is 1. The molecule has 0 unspecified atom stereocenters. The molecule has 1 aliphatic rings. The molecule has 2 aromatic carbocycles. The molecule has 1 amide bonds. The van der Waals surface area contributed by atoms with E-state index in [1.54, 1.807) is 11.0 Å². The fraction of sp³-hybridized carbons (Fsp3) is 0.407. The summed E-state index contributed by atoms with van der Waals surface area (Å²) in [4.78, 5) is 31.1. The van der Waals surface area contributed by atoms with Gasteiger partial charge in [0, 0.05) is 6.54 Å². The smallest absolute Gasteiger partial charge is 0.290 e. The third-order valence-corrected chi connectivity index (χ3v) is 6.01. The maximum absolute atomic E-state index is 13.7. The minimum Gasteiger partial charge on any atom is -0.490 e. The Bertz CT molecular complexity index is 1260. The van der Waals surface area contributed by atoms with Gasteiger partial charge in [0.15, 0.2) is 16.9 Å². The third kappa shape index (κ3) is 4.40. The predicted molar refractivity (Wildman–Crippen MR) is 132 cm³/mol. The van der Waals surface area contributed by atoms with E-state index in [0.29, 0.717) is 47.8 Å². The zero-order chi connectivity index (χ0) is 24.4. The molecule has 4 rings (SSSR count). The lowest BCUT2D eigenvalue weighted by Crippen LogP contribution is -2.32. The normalized spacial score (nSPS) is 15.3. The number of nitrogens with zero attached hydrogens (tertiary/aromatic N) is 2. The van der Waals surface area contributed by atoms with Crippen LogP contribution < -0.4 is 14.9 Å². The third-order valence-electron chi connectivity index (χ3n) is 6.01. The number of benzene rings is 2. The summed E-state index contributed by atoms with van der Waals surface area (Å²) in [6.45, 7) is 8.07. The van der Waals surface area contributed by atoms with Crippen LogP contribution in [0.1, 0.15) is 53.6 Å². The summed E-state index contributed by atoms with van der Waals surface area (Å²) in [6.07, 6.45) is 0.769. The molecular formula is C27H32N2O5. The summed E-state index contributed by atoms with van der Waals surface area (Å²) in [7, 11) is 4.00. The van der Waals surface area contributed by atoms with Crippen molar-refractivity contribution in [2.75, 3.05) is 40.4 Å². The summed E-state index contributed by atoms with van der Waals surface area (Å²) < 4.78 is 17.6. The first-order valence-corrected chi connectivity index (χ1v) is 11.8. The Morgan fingerprint density at radius 3 is 2.44 bits per heavy atom. The Balaban J connectivity index is 1.88. The molecule has 0 N–H and O–H groups in total. The first-order chi connectivity index (χ1) is 16.3. The van der Waals surface area contributed by atoms with Crippen LogP contribution in [0.2, 0.25) is 0 Å². The van der Waals surface area contributed by atoms with Crippen molar-refractivity contribution >= 4 is 16.9 Å². The van der Waals surface area contributed by atoms with Gasteiger partial charge in [-0.05, 0) is 77.7 Å². The molecule has 180 valence electrons. The van der Waals surface area contributed by atoms with Gasteiger partial charge in [0.25, 0.3) is 5.91 Å². The molecule has 34 heavy (non-hydrogen) atoms. The number of aryl methyl sites for hydroxylation is 1. The Morgan fingerprint density at radius 1 is 1.00 bits per heavy atom. The van der Waals surface area contributed by atoms with Crippen LogP contribution in [-0.4, -0.2) is 56.1 Å². The van der Waals surface area contributed by atoms with Crippen LogP contribution in [-0.2, 0) is 0 Å². The van der Waals surface area contributed by atoms with Crippen molar-refractivity contribution in [3.63, 3.8) is 0 Å². The second-order valence-corrected chi connectivity index (χ2v) is 8.80. The highest BCUT2D eigenvalue weighted by Crippen LogP contribution is 2.41. The second-order valence-electron chi connectivity index (χ2n) is 8.80. The molecule has 0 saturated heterocycles. The summed E-state index contributed by atoms with van der Waals surface area (Å²) in [5.74, 6) is 1.10. The molecule has 1 aliphatic heterocycles. The van der Waals surface area contributed by atoms with E-state index in [4.69, 9.17) is 13.9 Å². The van der Waals surface area contributed by atoms with Gasteiger partial charge in [-0.2, -0.15) is 0 Å². The van der Waals surface area contributed by atoms with E-state index in [-0.39, 0.29) is 17.1 Å². The summed E-state index contributed by atoms with van der Waals surface area (Å²) in [5.41, 5.74) is 2.41. The van der Waals surface area contributed by atoms with Gasteiger partial charge in [-0.15, -0.1) is 0 Å². The summed E-state index contributed by atoms with van der Waals surface area (Å²) in [6, 6.07) is 10.5. The Labute approximate surface area is 199 Å². The zero-order valence-corrected chi connectivity index (χ0v) is 20.5. The van der Waals surface area contributed by atoms with Crippen molar-refractivity contribution in [1.29, 1.82) is 0 Å². The van der Waals surface area contributed by atoms with Crippen LogP contribution >= 0.6 is 0 Å². The van der Waals surface area contributed by atoms with Crippen molar-refractivity contribution in [2.45, 2.75) is 33.2 Å². The molecule has 0 fully saturated rings. The highest BCUT2D eigenvalue weighted by atomic mass is 16.5. The van der Waals surface area contributed by atoms with Crippen molar-refractivity contribution in [3.8, 4) is 11.5 Å². The topological polar surface area (TPSA) is 72.2 Å². The lowest BCUT2D eigenvalue weighted by atomic mass is 9.97. The van der Waals surface area contributed by atoms with Crippen molar-refractivity contribution in [2.24, 2.45) is 0 Å². The lowest BCUT2D eigenvalue weighted by Gasteiger charge is -2.26. The van der Waals surface area contributed by atoms with E-state index in [0.717, 1.165) is 24.1 Å². The SMILES string of the molecule is CCOc1ccc([C@H]2c3c(oc4ccc(C)cc4c3=O)C(=O)N2CCCN(C)C)cc1OCC. The number of fused-ring (bicyclic) bond motifs is 2. The average Bonchev–Trinajstić information content (AvgIpc) is 3.08. The molecular weight excluding hydrogens is 432 g/mol. The molecule has 0 aliphatic carbocycles. The van der Waals surface area contributed by atoms with Crippen LogP contribution in [0.3, 0.4) is 0 Å². The highest BCUT2D eigenvalue weighted by Gasteiger charge is 2.42. The van der Waals surface area contributed by atoms with Crippen LogP contribution in [0.4, 0.5) is 0 Å². The van der Waals surface area contributed by atoms with Crippen LogP contribution in [0.5, 0.6) is 11.5 Å². The second kappa shape index (κ2) is 9.89. The van der Waals surface area contributed by atoms with Gasteiger partial charge >= 0.3 is 0 Å². The number of amides is 1. The maximum atomic E-state index is 13.7. The first kappa shape index (κ1) is 23.8. The Morgan fingerprint density at radius 2 is 1.74 bits per heavy atom. The molecule has 0 radical (unpaired) electrons. The molecule has 7 heteroatoms. The van der Waals surface area contributed by atoms with Crippen molar-refractivity contribution in [1.82, 2.24) is 9.80 Å². The number of ether oxygens (including phenoxy) is 2. The first-order valence-electron chi connectivity index (χ1n) is 11.8. The van der Waals surface area contributed by atoms with Crippen LogP contribution in [0.25, 0.3) is 11.0 Å². The summed E-state index contributed by atoms with van der Waals surface area (Å²) >= 11 is 0. The zero-order valence-electron chi connectivity index (χ0n) is 20.5. The number of rotatable bonds is 9. The molecule has 0 saturated carbocycles. The minimum absolute atomic E-state index is 0.128. The maximum Gasteiger partial charge on any atom is 0.290 e. The lowest BCUT2D eigenvalue weighted by molar-refractivity contribution is 0.0722. The molecule has 1 atom stereocenters. The van der Waals surface area contributed by atoms with Gasteiger partial charge in [0.1, 0.15) is 5.58 Å². The van der Waals surface area contributed by atoms with Crippen LogP contribution in [0.15, 0.2) is 45.6 Å². The van der Waals surface area contributed by atoms with E-state index >= 15 is 0 Å². The number of hydrogen-bond acceptors (Lipinski definition) is 6. The molecule has 7 nitrogen and oxygen atoms in total. The molecule has 0 bridgehead atoms. The monoisotopic (exact) mass is 464 g/mol. The Kier molecular flexibility index (Phi) is 6.93. The van der Waals surface area contributed by atoms with E-state index in [9.17, 15) is 9.59 Å². The highest BCUT2D eigenvalue weighted by molar-refractivity contribution is 5.99. The molecule has 2 heterocycles. The predicted octanol–water partition coefficient (Wildman–Crippen LogP) is 4.40. The fourth-order valence-electron chi connectivity index (χ4n) is 4.51. The van der Waals surface area contributed by atoms with E-state index < -0.39 is 6.04 Å². The van der Waals surface area contributed by atoms with Crippen molar-refractivity contribution in [3.05, 3.63) is 69.1 Å². The van der Waals surface area contributed by atoms with E-state index in [1.807, 2.05) is 65.2 Å². The molecule has 3 aromatic rings. The minimum atomic E-state index is -0.555. The van der Waals surface area contributed by atoms with Gasteiger partial charge < -0.3 is 23.7 Å². The quantitative estimate of drug-likeness (QED) is 0.468. The number of hydrogen-bond donors (Lipinski definition) is 0. The van der Waals surface area contributed by atoms with Gasteiger partial charge in [-0.3, -0.25) is 9.59 Å². The fourth-order valence-corrected chi connectivity index (χ4v) is 4.51. The average molecular weight is 465 g/mol. The summed E-state index contributed by atoms with van der Waals surface area (Å²) in [5, 5.41) is 0.489. The molecule has 0 spiro atoms. The Hall–Kier alpha value is -3.32. The van der Waals surface area contributed by atoms with Crippen LogP contribution in [0, 0.1) is 6.92 Å². The van der Waals surface area contributed by atoms with E-state index in [2.05, 4.69) is 4.90 Å². The van der Waals surface area contributed by atoms with Gasteiger partial charge in [0.05, 0.1) is 30.2 Å². The van der Waals surface area contributed by atoms with E-state index in [1.165, 1.54) is 0 Å². The number of carbonyl (C=O) groups is 1. The standard InChI is InChI=1S/C27H32N2O5/c1-6-32-21-12-10-18(16-22(21)33-7-2)24-23-25(30)19-15-17(3)9-11-20(19)34-26(23)27(31)29(24)14-8-13-28(4)5/h9-12,15-16,24H,6-8,13-14H2,1-5H3/t24-/m0/s1.